The highest BCUT2D eigenvalue weighted by Crippen LogP contribution is 2.51. The third kappa shape index (κ3) is 5.61. The number of fused-ring (bicyclic) bond motifs is 2. The molecule has 1 fully saturated rings. The summed E-state index contributed by atoms with van der Waals surface area (Å²) in [6, 6.07) is 5.66. The first kappa shape index (κ1) is 31.6. The van der Waals surface area contributed by atoms with E-state index in [4.69, 9.17) is 0 Å². The van der Waals surface area contributed by atoms with Gasteiger partial charge in [0.05, 0.1) is 41.3 Å². The van der Waals surface area contributed by atoms with Gasteiger partial charge in [-0.15, -0.1) is 5.10 Å². The molecule has 4 aromatic rings. The van der Waals surface area contributed by atoms with Crippen molar-refractivity contribution in [2.24, 2.45) is 12.5 Å². The quantitative estimate of drug-likeness (QED) is 0.195. The van der Waals surface area contributed by atoms with E-state index in [9.17, 15) is 39.6 Å². The lowest BCUT2D eigenvalue weighted by atomic mass is 9.60. The Morgan fingerprint density at radius 1 is 1.17 bits per heavy atom. The molecule has 17 heteroatoms. The Kier molecular flexibility index (Phi) is 7.87. The van der Waals surface area contributed by atoms with Crippen LogP contribution < -0.4 is 0 Å². The molecule has 0 bridgehead atoms. The lowest BCUT2D eigenvalue weighted by Gasteiger charge is -2.46. The van der Waals surface area contributed by atoms with Crippen LogP contribution in [0, 0.1) is 11.2 Å². The summed E-state index contributed by atoms with van der Waals surface area (Å²) in [6.45, 7) is -1.21. The molecule has 2 aliphatic rings. The molecule has 1 aromatic carbocycles. The predicted octanol–water partition coefficient (Wildman–Crippen LogP) is 4.87. The number of allylic oxidation sites excluding steroid dienone is 1. The van der Waals surface area contributed by atoms with Crippen molar-refractivity contribution in [2.45, 2.75) is 49.4 Å². The Morgan fingerprint density at radius 2 is 1.91 bits per heavy atom. The maximum atomic E-state index is 14.4. The van der Waals surface area contributed by atoms with E-state index >= 15 is 0 Å². The van der Waals surface area contributed by atoms with Crippen LogP contribution in [0.3, 0.4) is 0 Å². The summed E-state index contributed by atoms with van der Waals surface area (Å²) in [5.41, 5.74) is -1.27. The van der Waals surface area contributed by atoms with E-state index < -0.39 is 68.5 Å². The molecule has 10 nitrogen and oxygen atoms in total. The highest BCUT2D eigenvalue weighted by Gasteiger charge is 2.52. The number of rotatable bonds is 8. The zero-order chi connectivity index (χ0) is 33.0. The number of benzene rings is 1. The van der Waals surface area contributed by atoms with Gasteiger partial charge in [0.1, 0.15) is 11.5 Å². The number of nitrogens with zero attached hydrogens (tertiary/aromatic N) is 7. The molecular formula is C29H25F6N7O3S. The Morgan fingerprint density at radius 3 is 2.57 bits per heavy atom. The van der Waals surface area contributed by atoms with Crippen molar-refractivity contribution in [2.75, 3.05) is 6.54 Å². The molecule has 0 unspecified atom stereocenters. The van der Waals surface area contributed by atoms with Crippen molar-refractivity contribution < 1.29 is 39.6 Å². The Hall–Kier alpha value is -4.38. The molecular weight excluding hydrogens is 640 g/mol. The van der Waals surface area contributed by atoms with Crippen molar-refractivity contribution in [1.82, 2.24) is 34.1 Å². The second-order valence-electron chi connectivity index (χ2n) is 11.2. The summed E-state index contributed by atoms with van der Waals surface area (Å²) in [4.78, 5) is 18.3. The van der Waals surface area contributed by atoms with Crippen LogP contribution in [0.2, 0.25) is 0 Å². The van der Waals surface area contributed by atoms with Crippen LogP contribution in [0.5, 0.6) is 0 Å². The van der Waals surface area contributed by atoms with E-state index in [2.05, 4.69) is 20.4 Å². The van der Waals surface area contributed by atoms with E-state index in [-0.39, 0.29) is 25.7 Å². The smallest absolute Gasteiger partial charge is 0.291 e. The SMILES string of the molecule is Cn1cc(S(=O)(=O)N(CC(F)F)[C@H]2CCC3=Cc4c(cnn4-c4ccc(F)cc4)C[C@]3(C(=O)c3cc(C(F)(F)F)ccn3)C2)nn1. The standard InChI is InChI=1S/C29H25F6N7O3S/c1-40-16-26(38-39-40)46(44,45)41(15-25(31)32)22-5-2-18-11-24-17(14-37-42(24)21-6-3-20(30)4-7-21)12-28(18,13-22)27(43)23-10-19(8-9-36-23)29(33,34)35/h3-4,6-11,14,16,22,25H,2,5,12-13,15H2,1H3/t22-,28-/m0/s1. The van der Waals surface area contributed by atoms with Crippen molar-refractivity contribution in [1.29, 1.82) is 0 Å². The fourth-order valence-corrected chi connectivity index (χ4v) is 7.78. The molecule has 3 heterocycles. The van der Waals surface area contributed by atoms with Gasteiger partial charge in [0.25, 0.3) is 16.4 Å². The number of Topliss-reactive ketones (excluding diaryl/α,β-unsaturated/α-hetero) is 1. The lowest BCUT2D eigenvalue weighted by Crippen LogP contribution is -2.51. The van der Waals surface area contributed by atoms with E-state index in [0.717, 1.165) is 23.1 Å². The molecule has 2 aliphatic carbocycles. The second-order valence-corrected chi connectivity index (χ2v) is 13.1. The van der Waals surface area contributed by atoms with E-state index in [1.807, 2.05) is 0 Å². The number of sulfonamides is 1. The number of pyridine rings is 1. The Labute approximate surface area is 258 Å². The van der Waals surface area contributed by atoms with Crippen LogP contribution in [0.1, 0.15) is 46.6 Å². The highest BCUT2D eigenvalue weighted by molar-refractivity contribution is 7.89. The topological polar surface area (TPSA) is 116 Å². The third-order valence-electron chi connectivity index (χ3n) is 8.34. The van der Waals surface area contributed by atoms with E-state index in [1.165, 1.54) is 42.2 Å². The zero-order valence-electron chi connectivity index (χ0n) is 24.0. The number of alkyl halides is 5. The van der Waals surface area contributed by atoms with Gasteiger partial charge in [-0.2, -0.15) is 22.6 Å². The average molecular weight is 666 g/mol. The van der Waals surface area contributed by atoms with Crippen LogP contribution in [0.15, 0.2) is 65.6 Å². The van der Waals surface area contributed by atoms with Crippen LogP contribution in [-0.2, 0) is 29.7 Å². The van der Waals surface area contributed by atoms with Gasteiger partial charge in [-0.3, -0.25) is 14.5 Å². The fraction of sp³-hybridized carbons (Fsp3) is 0.345. The minimum Gasteiger partial charge on any atom is -0.291 e. The first-order valence-electron chi connectivity index (χ1n) is 14.0. The molecule has 1 saturated carbocycles. The van der Waals surface area contributed by atoms with Crippen LogP contribution in [0.25, 0.3) is 11.8 Å². The largest absolute Gasteiger partial charge is 0.416 e. The number of carbonyl (C=O) groups is 1. The molecule has 0 saturated heterocycles. The summed E-state index contributed by atoms with van der Waals surface area (Å²) < 4.78 is 113. The molecule has 0 amide bonds. The lowest BCUT2D eigenvalue weighted by molar-refractivity contribution is -0.137. The van der Waals surface area contributed by atoms with Crippen LogP contribution >= 0.6 is 0 Å². The second kappa shape index (κ2) is 11.5. The average Bonchev–Trinajstić information content (AvgIpc) is 3.64. The number of carbonyl (C=O) groups excluding carboxylic acids is 1. The number of aryl methyl sites for hydroxylation is 1. The predicted molar refractivity (Wildman–Crippen MR) is 150 cm³/mol. The van der Waals surface area contributed by atoms with Crippen molar-refractivity contribution in [3.8, 4) is 5.69 Å². The number of ketones is 1. The number of aromatic nitrogens is 6. The van der Waals surface area contributed by atoms with E-state index in [0.29, 0.717) is 32.9 Å². The molecule has 0 spiro atoms. The molecule has 0 aliphatic heterocycles. The maximum Gasteiger partial charge on any atom is 0.416 e. The van der Waals surface area contributed by atoms with Gasteiger partial charge in [-0.05, 0) is 73.7 Å². The summed E-state index contributed by atoms with van der Waals surface area (Å²) >= 11 is 0. The molecule has 2 atom stereocenters. The number of halogens is 6. The summed E-state index contributed by atoms with van der Waals surface area (Å²) in [6.07, 6.45) is -3.24. The van der Waals surface area contributed by atoms with Gasteiger partial charge in [-0.25, -0.2) is 26.3 Å². The molecule has 3 aromatic heterocycles. The fourth-order valence-electron chi connectivity index (χ4n) is 6.24. The molecule has 6 rings (SSSR count). The van der Waals surface area contributed by atoms with Gasteiger partial charge in [-0.1, -0.05) is 10.8 Å². The van der Waals surface area contributed by atoms with Crippen LogP contribution in [0.4, 0.5) is 26.3 Å². The van der Waals surface area contributed by atoms with Crippen molar-refractivity contribution >= 4 is 21.9 Å². The van der Waals surface area contributed by atoms with Gasteiger partial charge < -0.3 is 0 Å². The minimum absolute atomic E-state index is 0.0170. The van der Waals surface area contributed by atoms with Crippen molar-refractivity contribution in [3.05, 3.63) is 88.9 Å². The molecule has 0 radical (unpaired) electrons. The highest BCUT2D eigenvalue weighted by atomic mass is 32.2. The van der Waals surface area contributed by atoms with E-state index in [1.54, 1.807) is 6.08 Å². The van der Waals surface area contributed by atoms with Crippen LogP contribution in [-0.4, -0.2) is 67.3 Å². The summed E-state index contributed by atoms with van der Waals surface area (Å²) in [7, 11) is -3.23. The minimum atomic E-state index is -4.78. The zero-order valence-corrected chi connectivity index (χ0v) is 24.8. The van der Waals surface area contributed by atoms with Crippen molar-refractivity contribution in [3.63, 3.8) is 0 Å². The normalized spacial score (nSPS) is 20.0. The molecule has 46 heavy (non-hydrogen) atoms. The van der Waals surface area contributed by atoms with Gasteiger partial charge in [0.15, 0.2) is 5.78 Å². The Bertz CT molecular complexity index is 1940. The van der Waals surface area contributed by atoms with Gasteiger partial charge in [0, 0.05) is 19.3 Å². The first-order chi connectivity index (χ1) is 21.7. The molecule has 0 N–H and O–H groups in total. The van der Waals surface area contributed by atoms with Gasteiger partial charge >= 0.3 is 6.18 Å². The Balaban J connectivity index is 1.47. The molecule has 242 valence electrons. The monoisotopic (exact) mass is 665 g/mol. The van der Waals surface area contributed by atoms with Gasteiger partial charge in [0.2, 0.25) is 5.03 Å². The number of hydrogen-bond donors (Lipinski definition) is 0. The maximum absolute atomic E-state index is 14.4. The number of hydrogen-bond acceptors (Lipinski definition) is 7. The first-order valence-corrected chi connectivity index (χ1v) is 15.4. The summed E-state index contributed by atoms with van der Waals surface area (Å²) in [5, 5.41) is 11.0. The summed E-state index contributed by atoms with van der Waals surface area (Å²) in [5.74, 6) is -1.28. The third-order valence-corrected chi connectivity index (χ3v) is 10.1.